The van der Waals surface area contributed by atoms with E-state index in [2.05, 4.69) is 5.32 Å². The minimum atomic E-state index is -0.790. The average molecular weight is 343 g/mol. The standard InChI is InChI=1S/C20H22FNO3/c1-14(13-19(24)16-7-9-17(21)10-8-16)22-20(25)12-11-18(23)15-5-3-2-4-6-15/h2-10,14,19,24H,11-13H2,1H3,(H,22,25). The van der Waals surface area contributed by atoms with Crippen LogP contribution in [0.3, 0.4) is 0 Å². The normalized spacial score (nSPS) is 13.1. The molecule has 0 heterocycles. The van der Waals surface area contributed by atoms with E-state index in [-0.39, 0.29) is 36.4 Å². The minimum Gasteiger partial charge on any atom is -0.388 e. The van der Waals surface area contributed by atoms with Gasteiger partial charge in [0.1, 0.15) is 5.82 Å². The second kappa shape index (κ2) is 9.08. The second-order valence-electron chi connectivity index (χ2n) is 6.06. The summed E-state index contributed by atoms with van der Waals surface area (Å²) in [5.74, 6) is -0.668. The number of amides is 1. The van der Waals surface area contributed by atoms with Gasteiger partial charge in [0.05, 0.1) is 6.10 Å². The molecule has 2 aromatic carbocycles. The average Bonchev–Trinajstić information content (AvgIpc) is 2.60. The van der Waals surface area contributed by atoms with Crippen molar-refractivity contribution in [1.82, 2.24) is 5.32 Å². The third-order valence-electron chi connectivity index (χ3n) is 3.91. The highest BCUT2D eigenvalue weighted by Crippen LogP contribution is 2.18. The monoisotopic (exact) mass is 343 g/mol. The van der Waals surface area contributed by atoms with Gasteiger partial charge in [-0.1, -0.05) is 42.5 Å². The maximum Gasteiger partial charge on any atom is 0.220 e. The number of hydrogen-bond acceptors (Lipinski definition) is 3. The summed E-state index contributed by atoms with van der Waals surface area (Å²) in [6.45, 7) is 1.78. The lowest BCUT2D eigenvalue weighted by Gasteiger charge is -2.18. The molecule has 5 heteroatoms. The van der Waals surface area contributed by atoms with Crippen LogP contribution in [-0.4, -0.2) is 22.8 Å². The number of nitrogens with one attached hydrogen (secondary N) is 1. The van der Waals surface area contributed by atoms with Crippen molar-refractivity contribution in [2.24, 2.45) is 0 Å². The van der Waals surface area contributed by atoms with Gasteiger partial charge in [0.15, 0.2) is 5.78 Å². The van der Waals surface area contributed by atoms with E-state index in [4.69, 9.17) is 0 Å². The number of ketones is 1. The largest absolute Gasteiger partial charge is 0.388 e. The Bertz CT molecular complexity index is 701. The lowest BCUT2D eigenvalue weighted by molar-refractivity contribution is -0.121. The van der Waals surface area contributed by atoms with Gasteiger partial charge in [-0.15, -0.1) is 0 Å². The van der Waals surface area contributed by atoms with Gasteiger partial charge in [0.2, 0.25) is 5.91 Å². The van der Waals surface area contributed by atoms with Gasteiger partial charge in [-0.25, -0.2) is 4.39 Å². The summed E-state index contributed by atoms with van der Waals surface area (Å²) in [6, 6.07) is 14.2. The van der Waals surface area contributed by atoms with Crippen LogP contribution >= 0.6 is 0 Å². The SMILES string of the molecule is CC(CC(O)c1ccc(F)cc1)NC(=O)CCC(=O)c1ccccc1. The van der Waals surface area contributed by atoms with Crippen LogP contribution in [0.5, 0.6) is 0 Å². The number of aliphatic hydroxyl groups excluding tert-OH is 1. The fourth-order valence-electron chi connectivity index (χ4n) is 2.56. The molecule has 2 N–H and O–H groups in total. The van der Waals surface area contributed by atoms with Gasteiger partial charge < -0.3 is 10.4 Å². The van der Waals surface area contributed by atoms with Crippen LogP contribution in [0.25, 0.3) is 0 Å². The van der Waals surface area contributed by atoms with Gasteiger partial charge in [0, 0.05) is 24.4 Å². The minimum absolute atomic E-state index is 0.0743. The lowest BCUT2D eigenvalue weighted by Crippen LogP contribution is -2.33. The van der Waals surface area contributed by atoms with E-state index in [1.54, 1.807) is 31.2 Å². The predicted octanol–water partition coefficient (Wildman–Crippen LogP) is 3.42. The van der Waals surface area contributed by atoms with Gasteiger partial charge in [-0.2, -0.15) is 0 Å². The van der Waals surface area contributed by atoms with Crippen molar-refractivity contribution >= 4 is 11.7 Å². The Morgan fingerprint density at radius 2 is 1.68 bits per heavy atom. The van der Waals surface area contributed by atoms with E-state index in [1.165, 1.54) is 24.3 Å². The van der Waals surface area contributed by atoms with Crippen LogP contribution in [0.2, 0.25) is 0 Å². The molecule has 0 saturated heterocycles. The van der Waals surface area contributed by atoms with Crippen molar-refractivity contribution in [2.75, 3.05) is 0 Å². The first-order valence-electron chi connectivity index (χ1n) is 8.27. The Morgan fingerprint density at radius 3 is 2.32 bits per heavy atom. The molecule has 0 aliphatic rings. The van der Waals surface area contributed by atoms with Crippen LogP contribution < -0.4 is 5.32 Å². The molecule has 4 nitrogen and oxygen atoms in total. The second-order valence-corrected chi connectivity index (χ2v) is 6.06. The summed E-state index contributed by atoms with van der Waals surface area (Å²) in [4.78, 5) is 23.9. The molecule has 0 aromatic heterocycles. The summed E-state index contributed by atoms with van der Waals surface area (Å²) in [5.41, 5.74) is 1.19. The summed E-state index contributed by atoms with van der Waals surface area (Å²) in [5, 5.41) is 12.9. The van der Waals surface area contributed by atoms with E-state index >= 15 is 0 Å². The molecule has 2 atom stereocenters. The number of hydrogen-bond donors (Lipinski definition) is 2. The molecule has 1 amide bonds. The first-order chi connectivity index (χ1) is 12.0. The Balaban J connectivity index is 1.76. The Labute approximate surface area is 146 Å². The molecule has 0 saturated carbocycles. The molecule has 25 heavy (non-hydrogen) atoms. The van der Waals surface area contributed by atoms with Gasteiger partial charge in [-0.05, 0) is 31.0 Å². The smallest absolute Gasteiger partial charge is 0.220 e. The predicted molar refractivity (Wildman–Crippen MR) is 93.6 cm³/mol. The van der Waals surface area contributed by atoms with E-state index in [9.17, 15) is 19.1 Å². The molecule has 0 spiro atoms. The number of rotatable bonds is 8. The molecule has 0 aliphatic heterocycles. The van der Waals surface area contributed by atoms with Crippen molar-refractivity contribution in [3.05, 3.63) is 71.5 Å². The van der Waals surface area contributed by atoms with E-state index < -0.39 is 6.10 Å². The molecule has 0 radical (unpaired) electrons. The first-order valence-corrected chi connectivity index (χ1v) is 8.27. The molecule has 2 unspecified atom stereocenters. The first kappa shape index (κ1) is 18.8. The van der Waals surface area contributed by atoms with Crippen molar-refractivity contribution in [3.8, 4) is 0 Å². The third kappa shape index (κ3) is 6.12. The van der Waals surface area contributed by atoms with E-state index in [0.717, 1.165) is 0 Å². The van der Waals surface area contributed by atoms with E-state index in [1.807, 2.05) is 6.07 Å². The molecular formula is C20H22FNO3. The molecule has 2 rings (SSSR count). The zero-order valence-electron chi connectivity index (χ0n) is 14.1. The molecule has 0 aliphatic carbocycles. The van der Waals surface area contributed by atoms with Gasteiger partial charge >= 0.3 is 0 Å². The Morgan fingerprint density at radius 1 is 1.04 bits per heavy atom. The van der Waals surface area contributed by atoms with Crippen molar-refractivity contribution < 1.29 is 19.1 Å². The van der Waals surface area contributed by atoms with Crippen molar-refractivity contribution in [1.29, 1.82) is 0 Å². The van der Waals surface area contributed by atoms with Crippen molar-refractivity contribution in [2.45, 2.75) is 38.3 Å². The maximum atomic E-state index is 12.9. The quantitative estimate of drug-likeness (QED) is 0.722. The maximum absolute atomic E-state index is 12.9. The highest BCUT2D eigenvalue weighted by Gasteiger charge is 2.15. The van der Waals surface area contributed by atoms with Crippen LogP contribution in [-0.2, 0) is 4.79 Å². The highest BCUT2D eigenvalue weighted by molar-refractivity contribution is 5.97. The summed E-state index contributed by atoms with van der Waals surface area (Å²) in [6.07, 6.45) is -0.237. The number of benzene rings is 2. The zero-order valence-corrected chi connectivity index (χ0v) is 14.1. The third-order valence-corrected chi connectivity index (χ3v) is 3.91. The van der Waals surface area contributed by atoms with Crippen LogP contribution in [0.4, 0.5) is 4.39 Å². The fourth-order valence-corrected chi connectivity index (χ4v) is 2.56. The zero-order chi connectivity index (χ0) is 18.2. The van der Waals surface area contributed by atoms with E-state index in [0.29, 0.717) is 17.5 Å². The number of aliphatic hydroxyl groups is 1. The van der Waals surface area contributed by atoms with Crippen LogP contribution in [0, 0.1) is 5.82 Å². The van der Waals surface area contributed by atoms with Gasteiger partial charge in [0.25, 0.3) is 0 Å². The highest BCUT2D eigenvalue weighted by atomic mass is 19.1. The Kier molecular flexibility index (Phi) is 6.83. The molecule has 0 bridgehead atoms. The number of halogens is 1. The lowest BCUT2D eigenvalue weighted by atomic mass is 10.0. The summed E-state index contributed by atoms with van der Waals surface area (Å²) >= 11 is 0. The molecule has 0 fully saturated rings. The van der Waals surface area contributed by atoms with Crippen LogP contribution in [0.15, 0.2) is 54.6 Å². The molecule has 2 aromatic rings. The number of Topliss-reactive ketones (excluding diaryl/α,β-unsaturated/α-hetero) is 1. The van der Waals surface area contributed by atoms with Crippen molar-refractivity contribution in [3.63, 3.8) is 0 Å². The number of carbonyl (C=O) groups is 2. The summed E-state index contributed by atoms with van der Waals surface area (Å²) in [7, 11) is 0. The van der Waals surface area contributed by atoms with Gasteiger partial charge in [-0.3, -0.25) is 9.59 Å². The molecule has 132 valence electrons. The number of carbonyl (C=O) groups excluding carboxylic acids is 2. The molecular weight excluding hydrogens is 321 g/mol. The van der Waals surface area contributed by atoms with Crippen LogP contribution in [0.1, 0.15) is 48.2 Å². The Hall–Kier alpha value is -2.53. The topological polar surface area (TPSA) is 66.4 Å². The fraction of sp³-hybridized carbons (Fsp3) is 0.300. The summed E-state index contributed by atoms with van der Waals surface area (Å²) < 4.78 is 12.9.